The van der Waals surface area contributed by atoms with Gasteiger partial charge in [0.25, 0.3) is 5.91 Å². The first kappa shape index (κ1) is 18.1. The van der Waals surface area contributed by atoms with Crippen molar-refractivity contribution >= 4 is 17.6 Å². The molecule has 0 bridgehead atoms. The van der Waals surface area contributed by atoms with Crippen LogP contribution in [0.2, 0.25) is 0 Å². The van der Waals surface area contributed by atoms with E-state index >= 15 is 0 Å². The third-order valence-electron chi connectivity index (χ3n) is 4.98. The van der Waals surface area contributed by atoms with Gasteiger partial charge in [-0.15, -0.1) is 0 Å². The number of aromatic nitrogens is 2. The van der Waals surface area contributed by atoms with Crippen LogP contribution >= 0.6 is 0 Å². The van der Waals surface area contributed by atoms with Crippen LogP contribution in [0.4, 0.5) is 5.82 Å². The molecule has 138 valence electrons. The normalized spacial score (nSPS) is 22.8. The third-order valence-corrected chi connectivity index (χ3v) is 4.98. The average Bonchev–Trinajstić information content (AvgIpc) is 2.95. The first-order chi connectivity index (χ1) is 12.3. The Morgan fingerprint density at radius 3 is 2.54 bits per heavy atom. The van der Waals surface area contributed by atoms with Gasteiger partial charge < -0.3 is 10.6 Å². The van der Waals surface area contributed by atoms with Crippen LogP contribution < -0.4 is 16.0 Å². The van der Waals surface area contributed by atoms with Crippen molar-refractivity contribution in [1.29, 1.82) is 0 Å². The first-order valence-electron chi connectivity index (χ1n) is 8.77. The van der Waals surface area contributed by atoms with Crippen molar-refractivity contribution in [1.82, 2.24) is 20.4 Å². The highest BCUT2D eigenvalue weighted by molar-refractivity contribution is 6.04. The summed E-state index contributed by atoms with van der Waals surface area (Å²) in [5, 5.41) is 13.5. The molecule has 3 unspecified atom stereocenters. The minimum absolute atomic E-state index is 0.00144. The molecule has 1 aromatic heterocycles. The summed E-state index contributed by atoms with van der Waals surface area (Å²) >= 11 is 0. The molecular formula is C19H25N5O2. The molecule has 2 amide bonds. The summed E-state index contributed by atoms with van der Waals surface area (Å²) in [5.41, 5.74) is 3.54. The van der Waals surface area contributed by atoms with Crippen LogP contribution in [-0.2, 0) is 4.79 Å². The van der Waals surface area contributed by atoms with E-state index in [2.05, 4.69) is 21.0 Å². The molecule has 1 aliphatic heterocycles. The Morgan fingerprint density at radius 2 is 1.88 bits per heavy atom. The zero-order chi connectivity index (χ0) is 19.0. The van der Waals surface area contributed by atoms with Crippen LogP contribution in [0.3, 0.4) is 0 Å². The van der Waals surface area contributed by atoms with Crippen molar-refractivity contribution in [3.05, 3.63) is 46.6 Å². The van der Waals surface area contributed by atoms with Gasteiger partial charge in [-0.05, 0) is 51.0 Å². The number of benzene rings is 1. The summed E-state index contributed by atoms with van der Waals surface area (Å²) in [5.74, 6) is 0.153. The molecular weight excluding hydrogens is 330 g/mol. The molecule has 7 nitrogen and oxygen atoms in total. The van der Waals surface area contributed by atoms with Crippen LogP contribution in [0.25, 0.3) is 0 Å². The van der Waals surface area contributed by atoms with E-state index in [4.69, 9.17) is 0 Å². The lowest BCUT2D eigenvalue weighted by Gasteiger charge is -2.34. The molecule has 3 atom stereocenters. The van der Waals surface area contributed by atoms with E-state index in [1.165, 1.54) is 0 Å². The fraction of sp³-hybridized carbons (Fsp3) is 0.421. The lowest BCUT2D eigenvalue weighted by molar-refractivity contribution is -0.130. The topological polar surface area (TPSA) is 88.0 Å². The molecule has 2 heterocycles. The first-order valence-corrected chi connectivity index (χ1v) is 8.77. The number of carbonyl (C=O) groups is 2. The van der Waals surface area contributed by atoms with Crippen molar-refractivity contribution in [2.24, 2.45) is 5.92 Å². The number of carbonyl (C=O) groups excluding carboxylic acids is 2. The number of amides is 2. The summed E-state index contributed by atoms with van der Waals surface area (Å²) in [4.78, 5) is 24.8. The number of nitrogens with one attached hydrogen (secondary N) is 3. The summed E-state index contributed by atoms with van der Waals surface area (Å²) in [6, 6.07) is 7.38. The van der Waals surface area contributed by atoms with Gasteiger partial charge in [-0.25, -0.2) is 4.68 Å². The SMILES string of the molecule is Cc1cc(NC(=O)c2ccc(C)c(C)c2)n(C2NC(=O)C(C)C(C)N2)n1. The zero-order valence-corrected chi connectivity index (χ0v) is 15.8. The Kier molecular flexibility index (Phi) is 4.82. The Bertz CT molecular complexity index is 858. The number of anilines is 1. The highest BCUT2D eigenvalue weighted by atomic mass is 16.2. The number of hydrogen-bond donors (Lipinski definition) is 3. The quantitative estimate of drug-likeness (QED) is 0.788. The molecule has 1 saturated heterocycles. The Hall–Kier alpha value is -2.67. The predicted octanol–water partition coefficient (Wildman–Crippen LogP) is 2.26. The van der Waals surface area contributed by atoms with Gasteiger partial charge in [0.05, 0.1) is 11.6 Å². The summed E-state index contributed by atoms with van der Waals surface area (Å²) in [7, 11) is 0. The Balaban J connectivity index is 1.84. The summed E-state index contributed by atoms with van der Waals surface area (Å²) in [6.45, 7) is 9.67. The standard InChI is InChI=1S/C19H25N5O2/c1-10-6-7-15(8-11(10)2)18(26)21-16-9-12(3)23-24(16)19-20-14(5)13(4)17(25)22-19/h6-9,13-14,19-20H,1-5H3,(H,21,26)(H,22,25). The van der Waals surface area contributed by atoms with Gasteiger partial charge in [0.2, 0.25) is 5.91 Å². The van der Waals surface area contributed by atoms with Gasteiger partial charge in [0.15, 0.2) is 6.29 Å². The van der Waals surface area contributed by atoms with E-state index < -0.39 is 6.29 Å². The number of nitrogens with zero attached hydrogens (tertiary/aromatic N) is 2. The molecule has 7 heteroatoms. The predicted molar refractivity (Wildman–Crippen MR) is 99.8 cm³/mol. The van der Waals surface area contributed by atoms with Crippen molar-refractivity contribution in [3.63, 3.8) is 0 Å². The lowest BCUT2D eigenvalue weighted by Crippen LogP contribution is -2.57. The lowest BCUT2D eigenvalue weighted by atomic mass is 10.0. The van der Waals surface area contributed by atoms with E-state index in [0.29, 0.717) is 11.4 Å². The van der Waals surface area contributed by atoms with Gasteiger partial charge in [0, 0.05) is 17.7 Å². The average molecular weight is 355 g/mol. The second kappa shape index (κ2) is 6.92. The summed E-state index contributed by atoms with van der Waals surface area (Å²) < 4.78 is 1.61. The van der Waals surface area contributed by atoms with E-state index in [1.807, 2.05) is 46.8 Å². The molecule has 0 aliphatic carbocycles. The molecule has 0 spiro atoms. The second-order valence-corrected chi connectivity index (χ2v) is 7.02. The minimum atomic E-state index is -0.502. The third kappa shape index (κ3) is 3.48. The highest BCUT2D eigenvalue weighted by Gasteiger charge is 2.32. The van der Waals surface area contributed by atoms with Gasteiger partial charge in [-0.1, -0.05) is 13.0 Å². The van der Waals surface area contributed by atoms with E-state index in [9.17, 15) is 9.59 Å². The minimum Gasteiger partial charge on any atom is -0.322 e. The Morgan fingerprint density at radius 1 is 1.15 bits per heavy atom. The van der Waals surface area contributed by atoms with Crippen LogP contribution in [0.1, 0.15) is 47.3 Å². The number of hydrogen-bond acceptors (Lipinski definition) is 4. The highest BCUT2D eigenvalue weighted by Crippen LogP contribution is 2.20. The number of rotatable bonds is 3. The van der Waals surface area contributed by atoms with Crippen molar-refractivity contribution in [2.75, 3.05) is 5.32 Å². The molecule has 3 rings (SSSR count). The van der Waals surface area contributed by atoms with Crippen LogP contribution in [0.5, 0.6) is 0 Å². The van der Waals surface area contributed by atoms with Crippen LogP contribution in [0, 0.1) is 26.7 Å². The largest absolute Gasteiger partial charge is 0.322 e. The molecule has 26 heavy (non-hydrogen) atoms. The Labute approximate surface area is 153 Å². The van der Waals surface area contributed by atoms with Gasteiger partial charge in [-0.2, -0.15) is 5.10 Å². The fourth-order valence-corrected chi connectivity index (χ4v) is 2.94. The molecule has 0 saturated carbocycles. The second-order valence-electron chi connectivity index (χ2n) is 7.02. The van der Waals surface area contributed by atoms with Gasteiger partial charge in [0.1, 0.15) is 5.82 Å². The number of aryl methyl sites for hydroxylation is 3. The molecule has 3 N–H and O–H groups in total. The summed E-state index contributed by atoms with van der Waals surface area (Å²) in [6.07, 6.45) is -0.502. The molecule has 0 radical (unpaired) electrons. The molecule has 1 fully saturated rings. The van der Waals surface area contributed by atoms with E-state index in [0.717, 1.165) is 16.8 Å². The molecule has 2 aromatic rings. The maximum absolute atomic E-state index is 12.6. The monoisotopic (exact) mass is 355 g/mol. The smallest absolute Gasteiger partial charge is 0.256 e. The maximum atomic E-state index is 12.6. The van der Waals surface area contributed by atoms with Crippen molar-refractivity contribution < 1.29 is 9.59 Å². The zero-order valence-electron chi connectivity index (χ0n) is 15.8. The van der Waals surface area contributed by atoms with Crippen molar-refractivity contribution in [3.8, 4) is 0 Å². The van der Waals surface area contributed by atoms with Gasteiger partial charge >= 0.3 is 0 Å². The van der Waals surface area contributed by atoms with E-state index in [-0.39, 0.29) is 23.8 Å². The van der Waals surface area contributed by atoms with E-state index in [1.54, 1.807) is 16.8 Å². The van der Waals surface area contributed by atoms with Gasteiger partial charge in [-0.3, -0.25) is 14.9 Å². The molecule has 1 aliphatic rings. The van der Waals surface area contributed by atoms with Crippen LogP contribution in [0.15, 0.2) is 24.3 Å². The van der Waals surface area contributed by atoms with Crippen molar-refractivity contribution in [2.45, 2.75) is 47.0 Å². The fourth-order valence-electron chi connectivity index (χ4n) is 2.94. The molecule has 1 aromatic carbocycles. The van der Waals surface area contributed by atoms with Crippen LogP contribution in [-0.4, -0.2) is 27.6 Å². The maximum Gasteiger partial charge on any atom is 0.256 e.